The van der Waals surface area contributed by atoms with Crippen LogP contribution in [0.5, 0.6) is 0 Å². The smallest absolute Gasteiger partial charge is 0.230 e. The van der Waals surface area contributed by atoms with Crippen LogP contribution in [0.15, 0.2) is 36.5 Å². The number of carbonyl (C=O) groups excluding carboxylic acids is 1. The summed E-state index contributed by atoms with van der Waals surface area (Å²) in [4.78, 5) is 31.7. The lowest BCUT2D eigenvalue weighted by Gasteiger charge is -2.35. The molecule has 0 aliphatic carbocycles. The number of hydrogen-bond donors (Lipinski definition) is 4. The van der Waals surface area contributed by atoms with Crippen molar-refractivity contribution in [3.8, 4) is 22.6 Å². The Bertz CT molecular complexity index is 1210. The van der Waals surface area contributed by atoms with Crippen LogP contribution in [0.2, 0.25) is 0 Å². The number of carbonyl (C=O) groups is 1. The third-order valence-corrected chi connectivity index (χ3v) is 6.12. The quantitative estimate of drug-likeness (QED) is 0.276. The van der Waals surface area contributed by atoms with E-state index in [9.17, 15) is 9.18 Å². The van der Waals surface area contributed by atoms with Crippen molar-refractivity contribution < 1.29 is 18.7 Å². The number of anilines is 1. The molecular weight excluding hydrogens is 491 g/mol. The molecule has 5 N–H and O–H groups in total. The number of aromatic amines is 1. The zero-order chi connectivity index (χ0) is 27.1. The number of hydrogen-bond acceptors (Lipinski definition) is 9. The lowest BCUT2D eigenvalue weighted by molar-refractivity contribution is -0.231. The van der Waals surface area contributed by atoms with Crippen molar-refractivity contribution in [3.63, 3.8) is 0 Å². The Morgan fingerprint density at radius 2 is 1.92 bits per heavy atom. The fraction of sp³-hybridized carbons (Fsp3) is 0.462. The summed E-state index contributed by atoms with van der Waals surface area (Å²) >= 11 is 0. The van der Waals surface area contributed by atoms with Crippen molar-refractivity contribution in [1.29, 1.82) is 0 Å². The molecule has 12 heteroatoms. The number of nitrogens with one attached hydrogen (secondary N) is 3. The molecular formula is C26H35FN8O3. The molecule has 1 saturated heterocycles. The van der Waals surface area contributed by atoms with Gasteiger partial charge in [0.05, 0.1) is 35.7 Å². The van der Waals surface area contributed by atoms with E-state index >= 15 is 0 Å². The normalized spacial score (nSPS) is 19.5. The van der Waals surface area contributed by atoms with Crippen molar-refractivity contribution in [2.24, 2.45) is 11.1 Å². The molecule has 1 aliphatic rings. The molecule has 3 heterocycles. The number of nitrogens with zero attached hydrogens (tertiary/aromatic N) is 4. The van der Waals surface area contributed by atoms with Crippen molar-refractivity contribution in [2.75, 3.05) is 58.8 Å². The highest BCUT2D eigenvalue weighted by molar-refractivity contribution is 5.82. The number of imidazole rings is 1. The van der Waals surface area contributed by atoms with Gasteiger partial charge in [-0.25, -0.2) is 19.3 Å². The zero-order valence-electron chi connectivity index (χ0n) is 22.0. The molecule has 1 aliphatic heterocycles. The van der Waals surface area contributed by atoms with Gasteiger partial charge in [-0.2, -0.15) is 0 Å². The zero-order valence-corrected chi connectivity index (χ0v) is 22.0. The Labute approximate surface area is 221 Å². The number of rotatable bonds is 11. The van der Waals surface area contributed by atoms with Crippen LogP contribution in [0, 0.1) is 11.2 Å². The number of halogens is 1. The van der Waals surface area contributed by atoms with E-state index in [1.807, 2.05) is 14.1 Å². The van der Waals surface area contributed by atoms with E-state index in [0.717, 1.165) is 19.5 Å². The second kappa shape index (κ2) is 12.4. The van der Waals surface area contributed by atoms with E-state index in [-0.39, 0.29) is 24.9 Å². The highest BCUT2D eigenvalue weighted by atomic mass is 19.1. The number of nitrogens with two attached hydrogens (primary N) is 1. The summed E-state index contributed by atoms with van der Waals surface area (Å²) in [5.41, 5.74) is 7.14. The minimum atomic E-state index is -0.847. The summed E-state index contributed by atoms with van der Waals surface area (Å²) in [6.07, 6.45) is 1.79. The predicted molar refractivity (Wildman–Crippen MR) is 141 cm³/mol. The summed E-state index contributed by atoms with van der Waals surface area (Å²) in [6.45, 7) is 4.47. The Kier molecular flexibility index (Phi) is 9.00. The van der Waals surface area contributed by atoms with Gasteiger partial charge in [0.25, 0.3) is 0 Å². The van der Waals surface area contributed by atoms with Gasteiger partial charge in [-0.15, -0.1) is 0 Å². The van der Waals surface area contributed by atoms with Gasteiger partial charge in [0, 0.05) is 31.4 Å². The molecule has 0 bridgehead atoms. The van der Waals surface area contributed by atoms with Crippen LogP contribution in [0.25, 0.3) is 22.6 Å². The summed E-state index contributed by atoms with van der Waals surface area (Å²) in [5, 5.41) is 6.04. The Balaban J connectivity index is 1.57. The van der Waals surface area contributed by atoms with Gasteiger partial charge in [0.15, 0.2) is 5.82 Å². The average Bonchev–Trinajstić information content (AvgIpc) is 3.36. The van der Waals surface area contributed by atoms with Gasteiger partial charge in [0.1, 0.15) is 5.82 Å². The van der Waals surface area contributed by atoms with E-state index < -0.39 is 11.7 Å². The first kappa shape index (κ1) is 27.6. The molecule has 1 fully saturated rings. The molecule has 3 aromatic rings. The minimum absolute atomic E-state index is 0.143. The Morgan fingerprint density at radius 1 is 1.18 bits per heavy atom. The van der Waals surface area contributed by atoms with Crippen molar-refractivity contribution in [3.05, 3.63) is 48.2 Å². The van der Waals surface area contributed by atoms with Crippen molar-refractivity contribution >= 4 is 11.9 Å². The monoisotopic (exact) mass is 526 g/mol. The Hall–Kier alpha value is -3.45. The molecule has 38 heavy (non-hydrogen) atoms. The first-order valence-corrected chi connectivity index (χ1v) is 12.6. The van der Waals surface area contributed by atoms with E-state index in [0.29, 0.717) is 47.5 Å². The molecule has 1 aromatic carbocycles. The number of ether oxygens (including phenoxy) is 2. The fourth-order valence-corrected chi connectivity index (χ4v) is 3.98. The van der Waals surface area contributed by atoms with Gasteiger partial charge in [0.2, 0.25) is 18.1 Å². The van der Waals surface area contributed by atoms with Gasteiger partial charge in [-0.3, -0.25) is 4.79 Å². The van der Waals surface area contributed by atoms with Crippen molar-refractivity contribution in [2.45, 2.75) is 19.6 Å². The molecule has 0 saturated carbocycles. The highest BCUT2D eigenvalue weighted by Crippen LogP contribution is 2.35. The van der Waals surface area contributed by atoms with Gasteiger partial charge < -0.3 is 35.7 Å². The van der Waals surface area contributed by atoms with Gasteiger partial charge >= 0.3 is 0 Å². The van der Waals surface area contributed by atoms with Crippen LogP contribution in [-0.4, -0.2) is 84.2 Å². The second-order valence-electron chi connectivity index (χ2n) is 9.76. The van der Waals surface area contributed by atoms with Gasteiger partial charge in [-0.1, -0.05) is 0 Å². The summed E-state index contributed by atoms with van der Waals surface area (Å²) in [6, 6.07) is 7.84. The van der Waals surface area contributed by atoms with Crippen LogP contribution in [0.4, 0.5) is 10.3 Å². The molecule has 4 rings (SSSR count). The topological polar surface area (TPSA) is 143 Å². The summed E-state index contributed by atoms with van der Waals surface area (Å²) < 4.78 is 25.5. The third-order valence-electron chi connectivity index (χ3n) is 6.12. The standard InChI is InChI=1S/C26H35FN8O3/c1-26(24(36)29-13-10-28)15-37-23(38-16-26)22-33-20(17-5-7-18(27)8-6-17)21(34-22)19-9-12-31-25(32-19)30-11-4-14-35(2)3/h5-9,12,23H,4,10-11,13-16,28H2,1-3H3,(H,29,36)(H,33,34)(H,30,31,32). The number of H-pyrrole nitrogens is 1. The number of amides is 1. The summed E-state index contributed by atoms with van der Waals surface area (Å²) in [5.74, 6) is 0.387. The first-order valence-electron chi connectivity index (χ1n) is 12.6. The summed E-state index contributed by atoms with van der Waals surface area (Å²) in [7, 11) is 4.06. The molecule has 0 radical (unpaired) electrons. The van der Waals surface area contributed by atoms with Crippen LogP contribution < -0.4 is 16.4 Å². The van der Waals surface area contributed by atoms with E-state index in [4.69, 9.17) is 20.2 Å². The highest BCUT2D eigenvalue weighted by Gasteiger charge is 2.40. The average molecular weight is 527 g/mol. The molecule has 0 unspecified atom stereocenters. The first-order chi connectivity index (χ1) is 18.3. The van der Waals surface area contributed by atoms with Crippen molar-refractivity contribution in [1.82, 2.24) is 30.2 Å². The molecule has 0 spiro atoms. The Morgan fingerprint density at radius 3 is 2.61 bits per heavy atom. The molecule has 204 valence electrons. The fourth-order valence-electron chi connectivity index (χ4n) is 3.98. The SMILES string of the molecule is CN(C)CCCNc1nccc(-c2[nH]c(C3OCC(C)(C(=O)NCCN)CO3)nc2-c2ccc(F)cc2)n1. The number of aromatic nitrogens is 4. The minimum Gasteiger partial charge on any atom is -0.354 e. The van der Waals surface area contributed by atoms with Crippen LogP contribution in [0.3, 0.4) is 0 Å². The third kappa shape index (κ3) is 6.70. The molecule has 0 atom stereocenters. The lowest BCUT2D eigenvalue weighted by atomic mass is 9.91. The van der Waals surface area contributed by atoms with E-state index in [1.165, 1.54) is 12.1 Å². The van der Waals surface area contributed by atoms with Gasteiger partial charge in [-0.05, 0) is 64.3 Å². The van der Waals surface area contributed by atoms with E-state index in [1.54, 1.807) is 31.3 Å². The van der Waals surface area contributed by atoms with E-state index in [2.05, 4.69) is 30.5 Å². The molecule has 1 amide bonds. The molecule has 11 nitrogen and oxygen atoms in total. The number of benzene rings is 1. The largest absolute Gasteiger partial charge is 0.354 e. The van der Waals surface area contributed by atoms with Crippen LogP contribution >= 0.6 is 0 Å². The lowest BCUT2D eigenvalue weighted by Crippen LogP contribution is -2.49. The second-order valence-corrected chi connectivity index (χ2v) is 9.76. The molecule has 2 aromatic heterocycles. The van der Waals surface area contributed by atoms with Crippen LogP contribution in [-0.2, 0) is 14.3 Å². The maximum absolute atomic E-state index is 13.6. The maximum Gasteiger partial charge on any atom is 0.230 e. The van der Waals surface area contributed by atoms with Crippen LogP contribution in [0.1, 0.15) is 25.5 Å². The predicted octanol–water partition coefficient (Wildman–Crippen LogP) is 2.16. The maximum atomic E-state index is 13.6.